The van der Waals surface area contributed by atoms with Crippen LogP contribution in [0.15, 0.2) is 35.7 Å². The van der Waals surface area contributed by atoms with E-state index < -0.39 is 15.8 Å². The number of halogens is 1. The Hall–Kier alpha value is -1.28. The summed E-state index contributed by atoms with van der Waals surface area (Å²) >= 11 is 0. The molecule has 0 radical (unpaired) electrons. The normalized spacial score (nSPS) is 11.8. The molecule has 0 bridgehead atoms. The van der Waals surface area contributed by atoms with Crippen molar-refractivity contribution in [2.45, 2.75) is 11.4 Å². The van der Waals surface area contributed by atoms with E-state index in [0.717, 1.165) is 16.4 Å². The third-order valence-electron chi connectivity index (χ3n) is 2.55. The fourth-order valence-corrected chi connectivity index (χ4v) is 3.29. The lowest BCUT2D eigenvalue weighted by molar-refractivity contribution is 0.260. The molecule has 3 N–H and O–H groups in total. The molecule has 106 valence electrons. The molecule has 0 atom stereocenters. The molecule has 0 amide bonds. The Morgan fingerprint density at radius 1 is 1.47 bits per heavy atom. The van der Waals surface area contributed by atoms with Gasteiger partial charge in [0, 0.05) is 19.6 Å². The highest BCUT2D eigenvalue weighted by Gasteiger charge is 2.25. The fourth-order valence-electron chi connectivity index (χ4n) is 1.64. The minimum atomic E-state index is -3.91. The van der Waals surface area contributed by atoms with Crippen LogP contribution in [0, 0.1) is 5.82 Å². The summed E-state index contributed by atoms with van der Waals surface area (Å²) in [6, 6.07) is 3.43. The van der Waals surface area contributed by atoms with Gasteiger partial charge in [-0.1, -0.05) is 12.1 Å². The molecule has 0 aliphatic heterocycles. The molecule has 0 saturated heterocycles. The number of aliphatic hydroxyl groups excluding tert-OH is 1. The van der Waals surface area contributed by atoms with E-state index in [4.69, 9.17) is 10.8 Å². The first-order chi connectivity index (χ1) is 8.97. The second-order valence-corrected chi connectivity index (χ2v) is 5.74. The van der Waals surface area contributed by atoms with Crippen molar-refractivity contribution in [3.8, 4) is 0 Å². The molecule has 0 aliphatic carbocycles. The molecule has 0 heterocycles. The Labute approximate surface area is 112 Å². The highest BCUT2D eigenvalue weighted by atomic mass is 32.2. The predicted octanol–water partition coefficient (Wildman–Crippen LogP) is 0.453. The van der Waals surface area contributed by atoms with E-state index in [2.05, 4.69) is 6.58 Å². The topological polar surface area (TPSA) is 83.6 Å². The van der Waals surface area contributed by atoms with Crippen molar-refractivity contribution in [2.75, 3.05) is 19.7 Å². The number of rotatable bonds is 7. The van der Waals surface area contributed by atoms with Crippen LogP contribution >= 0.6 is 0 Å². The van der Waals surface area contributed by atoms with E-state index in [1.54, 1.807) is 0 Å². The number of hydrogen-bond donors (Lipinski definition) is 2. The standard InChI is InChI=1S/C12H17FN2O3S/c1-2-5-15(6-7-16)19(17,18)12-8-11(13)4-3-10(12)9-14/h2-4,8,16H,1,5-7,9,14H2. The van der Waals surface area contributed by atoms with Crippen molar-refractivity contribution < 1.29 is 17.9 Å². The van der Waals surface area contributed by atoms with Gasteiger partial charge >= 0.3 is 0 Å². The molecule has 19 heavy (non-hydrogen) atoms. The lowest BCUT2D eigenvalue weighted by atomic mass is 10.2. The predicted molar refractivity (Wildman–Crippen MR) is 70.3 cm³/mol. The highest BCUT2D eigenvalue weighted by Crippen LogP contribution is 2.21. The molecule has 0 aromatic heterocycles. The van der Waals surface area contributed by atoms with Gasteiger partial charge in [0.2, 0.25) is 10.0 Å². The summed E-state index contributed by atoms with van der Waals surface area (Å²) < 4.78 is 39.1. The van der Waals surface area contributed by atoms with E-state index in [9.17, 15) is 12.8 Å². The molecule has 7 heteroatoms. The van der Waals surface area contributed by atoms with Crippen molar-refractivity contribution in [3.05, 3.63) is 42.2 Å². The van der Waals surface area contributed by atoms with Crippen LogP contribution in [-0.4, -0.2) is 37.5 Å². The molecule has 0 unspecified atom stereocenters. The maximum absolute atomic E-state index is 13.3. The van der Waals surface area contributed by atoms with Crippen molar-refractivity contribution in [1.29, 1.82) is 0 Å². The maximum atomic E-state index is 13.3. The summed E-state index contributed by atoms with van der Waals surface area (Å²) in [4.78, 5) is -0.176. The molecule has 0 fully saturated rings. The molecule has 0 spiro atoms. The number of sulfonamides is 1. The minimum absolute atomic E-state index is 0.0180. The number of aliphatic hydroxyl groups is 1. The third-order valence-corrected chi connectivity index (χ3v) is 4.50. The zero-order valence-corrected chi connectivity index (χ0v) is 11.2. The maximum Gasteiger partial charge on any atom is 0.243 e. The van der Waals surface area contributed by atoms with Crippen molar-refractivity contribution in [1.82, 2.24) is 4.31 Å². The first-order valence-corrected chi connectivity index (χ1v) is 7.11. The van der Waals surface area contributed by atoms with Crippen LogP contribution in [0.1, 0.15) is 5.56 Å². The summed E-state index contributed by atoms with van der Waals surface area (Å²) in [5, 5.41) is 8.92. The quantitative estimate of drug-likeness (QED) is 0.714. The van der Waals surface area contributed by atoms with Crippen LogP contribution in [-0.2, 0) is 16.6 Å². The summed E-state index contributed by atoms with van der Waals surface area (Å²) in [5.74, 6) is -0.654. The number of nitrogens with zero attached hydrogens (tertiary/aromatic N) is 1. The second-order valence-electron chi connectivity index (χ2n) is 3.83. The Balaban J connectivity index is 3.31. The van der Waals surface area contributed by atoms with Gasteiger partial charge in [-0.3, -0.25) is 0 Å². The summed E-state index contributed by atoms with van der Waals surface area (Å²) in [6.45, 7) is 3.06. The average Bonchev–Trinajstić information content (AvgIpc) is 2.38. The summed E-state index contributed by atoms with van der Waals surface area (Å²) in [6.07, 6.45) is 1.40. The van der Waals surface area contributed by atoms with Gasteiger partial charge in [0.05, 0.1) is 11.5 Å². The van der Waals surface area contributed by atoms with Gasteiger partial charge in [-0.2, -0.15) is 4.31 Å². The summed E-state index contributed by atoms with van der Waals surface area (Å²) in [5.41, 5.74) is 5.80. The second kappa shape index (κ2) is 6.76. The number of hydrogen-bond acceptors (Lipinski definition) is 4. The van der Waals surface area contributed by atoms with Gasteiger partial charge in [0.25, 0.3) is 0 Å². The largest absolute Gasteiger partial charge is 0.395 e. The Morgan fingerprint density at radius 2 is 2.16 bits per heavy atom. The smallest absolute Gasteiger partial charge is 0.243 e. The number of benzene rings is 1. The van der Waals surface area contributed by atoms with E-state index in [1.165, 1.54) is 12.1 Å². The molecule has 1 aromatic carbocycles. The summed E-state index contributed by atoms with van der Waals surface area (Å²) in [7, 11) is -3.91. The molecule has 0 aliphatic rings. The first-order valence-electron chi connectivity index (χ1n) is 5.67. The van der Waals surface area contributed by atoms with Gasteiger partial charge < -0.3 is 10.8 Å². The lowest BCUT2D eigenvalue weighted by Crippen LogP contribution is -2.34. The number of nitrogens with two attached hydrogens (primary N) is 1. The van der Waals surface area contributed by atoms with Crippen LogP contribution < -0.4 is 5.73 Å². The molecule has 1 rings (SSSR count). The Morgan fingerprint density at radius 3 is 2.68 bits per heavy atom. The van der Waals surface area contributed by atoms with Gasteiger partial charge in [0.1, 0.15) is 5.82 Å². The van der Waals surface area contributed by atoms with Crippen LogP contribution in [0.5, 0.6) is 0 Å². The third kappa shape index (κ3) is 3.60. The Bertz CT molecular complexity index is 546. The van der Waals surface area contributed by atoms with Gasteiger partial charge in [-0.25, -0.2) is 12.8 Å². The molecular formula is C12H17FN2O3S. The zero-order chi connectivity index (χ0) is 14.5. The molecular weight excluding hydrogens is 271 g/mol. The van der Waals surface area contributed by atoms with Crippen molar-refractivity contribution in [2.24, 2.45) is 5.73 Å². The molecule has 0 saturated carbocycles. The van der Waals surface area contributed by atoms with Gasteiger partial charge in [-0.15, -0.1) is 6.58 Å². The Kier molecular flexibility index (Phi) is 5.61. The van der Waals surface area contributed by atoms with Crippen LogP contribution in [0.4, 0.5) is 4.39 Å². The van der Waals surface area contributed by atoms with E-state index in [1.807, 2.05) is 0 Å². The van der Waals surface area contributed by atoms with Crippen LogP contribution in [0.25, 0.3) is 0 Å². The lowest BCUT2D eigenvalue weighted by Gasteiger charge is -2.21. The highest BCUT2D eigenvalue weighted by molar-refractivity contribution is 7.89. The van der Waals surface area contributed by atoms with Gasteiger partial charge in [-0.05, 0) is 17.7 Å². The van der Waals surface area contributed by atoms with Gasteiger partial charge in [0.15, 0.2) is 0 Å². The average molecular weight is 288 g/mol. The molecule has 1 aromatic rings. The van der Waals surface area contributed by atoms with E-state index in [0.29, 0.717) is 5.56 Å². The zero-order valence-electron chi connectivity index (χ0n) is 10.4. The SMILES string of the molecule is C=CCN(CCO)S(=O)(=O)c1cc(F)ccc1CN. The molecule has 5 nitrogen and oxygen atoms in total. The van der Waals surface area contributed by atoms with Crippen molar-refractivity contribution in [3.63, 3.8) is 0 Å². The first kappa shape index (κ1) is 15.8. The van der Waals surface area contributed by atoms with Crippen LogP contribution in [0.2, 0.25) is 0 Å². The minimum Gasteiger partial charge on any atom is -0.395 e. The van der Waals surface area contributed by atoms with Crippen LogP contribution in [0.3, 0.4) is 0 Å². The van der Waals surface area contributed by atoms with Crippen molar-refractivity contribution >= 4 is 10.0 Å². The van der Waals surface area contributed by atoms with E-state index in [-0.39, 0.29) is 31.1 Å². The monoisotopic (exact) mass is 288 g/mol. The fraction of sp³-hybridized carbons (Fsp3) is 0.333. The van der Waals surface area contributed by atoms with E-state index >= 15 is 0 Å².